The molecule has 2 atom stereocenters. The molecule has 94 valence electrons. The number of nitrogens with two attached hydrogens (primary N) is 1. The second-order valence-corrected chi connectivity index (χ2v) is 5.09. The van der Waals surface area contributed by atoms with Gasteiger partial charge in [0.25, 0.3) is 0 Å². The molecule has 1 rings (SSSR count). The lowest BCUT2D eigenvalue weighted by Gasteiger charge is -2.29. The molecule has 1 amide bonds. The van der Waals surface area contributed by atoms with Gasteiger partial charge in [0, 0.05) is 6.04 Å². The highest BCUT2D eigenvalue weighted by Crippen LogP contribution is 2.26. The van der Waals surface area contributed by atoms with Crippen LogP contribution in [0.25, 0.3) is 0 Å². The van der Waals surface area contributed by atoms with E-state index in [9.17, 15) is 4.79 Å². The largest absolute Gasteiger partial charge is 0.352 e. The van der Waals surface area contributed by atoms with Crippen molar-refractivity contribution >= 4 is 5.91 Å². The molecule has 0 aromatic rings. The molecular weight excluding hydrogens is 200 g/mol. The van der Waals surface area contributed by atoms with E-state index in [2.05, 4.69) is 19.2 Å². The minimum absolute atomic E-state index is 0.0277. The van der Waals surface area contributed by atoms with Crippen LogP contribution in [0.4, 0.5) is 0 Å². The number of rotatable bonds is 5. The Kier molecular flexibility index (Phi) is 5.81. The molecule has 1 aliphatic rings. The van der Waals surface area contributed by atoms with Crippen LogP contribution in [-0.4, -0.2) is 18.0 Å². The van der Waals surface area contributed by atoms with E-state index < -0.39 is 0 Å². The number of carbonyl (C=O) groups excluding carboxylic acids is 1. The monoisotopic (exact) mass is 226 g/mol. The van der Waals surface area contributed by atoms with Gasteiger partial charge in [0.05, 0.1) is 6.04 Å². The second kappa shape index (κ2) is 6.89. The summed E-state index contributed by atoms with van der Waals surface area (Å²) in [5.41, 5.74) is 5.79. The molecule has 0 saturated heterocycles. The zero-order valence-corrected chi connectivity index (χ0v) is 10.7. The molecule has 16 heavy (non-hydrogen) atoms. The first-order valence-electron chi connectivity index (χ1n) is 6.71. The summed E-state index contributed by atoms with van der Waals surface area (Å²) in [4.78, 5) is 11.7. The minimum atomic E-state index is -0.323. The maximum Gasteiger partial charge on any atom is 0.237 e. The van der Waals surface area contributed by atoms with E-state index in [0.29, 0.717) is 5.92 Å². The van der Waals surface area contributed by atoms with Gasteiger partial charge in [0.1, 0.15) is 0 Å². The first kappa shape index (κ1) is 13.5. The molecule has 1 fully saturated rings. The summed E-state index contributed by atoms with van der Waals surface area (Å²) in [7, 11) is 0. The molecule has 1 aliphatic carbocycles. The normalized spacial score (nSPS) is 21.4. The highest BCUT2D eigenvalue weighted by Gasteiger charge is 2.23. The molecule has 0 heterocycles. The minimum Gasteiger partial charge on any atom is -0.352 e. The van der Waals surface area contributed by atoms with Crippen molar-refractivity contribution in [3.63, 3.8) is 0 Å². The predicted octanol–water partition coefficient (Wildman–Crippen LogP) is 2.20. The lowest BCUT2D eigenvalue weighted by Crippen LogP contribution is -2.47. The van der Waals surface area contributed by atoms with Crippen molar-refractivity contribution < 1.29 is 4.79 Å². The smallest absolute Gasteiger partial charge is 0.237 e. The molecule has 0 aliphatic heterocycles. The molecule has 0 spiro atoms. The molecule has 2 unspecified atom stereocenters. The van der Waals surface area contributed by atoms with Gasteiger partial charge in [-0.1, -0.05) is 32.6 Å². The highest BCUT2D eigenvalue weighted by molar-refractivity contribution is 5.81. The van der Waals surface area contributed by atoms with Gasteiger partial charge in [-0.15, -0.1) is 0 Å². The Morgan fingerprint density at radius 2 is 2.00 bits per heavy atom. The van der Waals surface area contributed by atoms with Gasteiger partial charge in [-0.25, -0.2) is 0 Å². The third-order valence-corrected chi connectivity index (χ3v) is 3.66. The van der Waals surface area contributed by atoms with Crippen LogP contribution in [0.15, 0.2) is 0 Å². The molecule has 0 bridgehead atoms. The van der Waals surface area contributed by atoms with Gasteiger partial charge < -0.3 is 11.1 Å². The Hall–Kier alpha value is -0.570. The number of carbonyl (C=O) groups is 1. The van der Waals surface area contributed by atoms with E-state index >= 15 is 0 Å². The van der Waals surface area contributed by atoms with E-state index in [1.807, 2.05) is 0 Å². The lowest BCUT2D eigenvalue weighted by molar-refractivity contribution is -0.123. The van der Waals surface area contributed by atoms with Crippen LogP contribution in [0, 0.1) is 5.92 Å². The summed E-state index contributed by atoms with van der Waals surface area (Å²) in [6.45, 7) is 4.17. The maximum atomic E-state index is 11.7. The van der Waals surface area contributed by atoms with Crippen LogP contribution in [0.2, 0.25) is 0 Å². The van der Waals surface area contributed by atoms with Gasteiger partial charge >= 0.3 is 0 Å². The van der Waals surface area contributed by atoms with E-state index in [1.54, 1.807) is 0 Å². The highest BCUT2D eigenvalue weighted by atomic mass is 16.2. The average molecular weight is 226 g/mol. The molecule has 0 radical (unpaired) electrons. The topological polar surface area (TPSA) is 55.1 Å². The first-order valence-corrected chi connectivity index (χ1v) is 6.71. The number of hydrogen-bond acceptors (Lipinski definition) is 2. The van der Waals surface area contributed by atoms with Gasteiger partial charge in [-0.3, -0.25) is 4.79 Å². The summed E-state index contributed by atoms with van der Waals surface area (Å²) < 4.78 is 0. The zero-order chi connectivity index (χ0) is 12.0. The van der Waals surface area contributed by atoms with Crippen molar-refractivity contribution in [1.29, 1.82) is 0 Å². The quantitative estimate of drug-likeness (QED) is 0.755. The molecular formula is C13H26N2O. The fourth-order valence-corrected chi connectivity index (χ4v) is 2.53. The SMILES string of the molecule is CCCC(N)C(=O)NC(C)C1CCCCC1. The van der Waals surface area contributed by atoms with Crippen molar-refractivity contribution in [3.8, 4) is 0 Å². The van der Waals surface area contributed by atoms with Crippen molar-refractivity contribution in [2.75, 3.05) is 0 Å². The van der Waals surface area contributed by atoms with E-state index in [4.69, 9.17) is 5.73 Å². The number of amides is 1. The van der Waals surface area contributed by atoms with Crippen molar-refractivity contribution in [3.05, 3.63) is 0 Å². The van der Waals surface area contributed by atoms with Gasteiger partial charge in [0.15, 0.2) is 0 Å². The lowest BCUT2D eigenvalue weighted by atomic mass is 9.84. The third-order valence-electron chi connectivity index (χ3n) is 3.66. The van der Waals surface area contributed by atoms with Crippen LogP contribution in [-0.2, 0) is 4.79 Å². The summed E-state index contributed by atoms with van der Waals surface area (Å²) in [6, 6.07) is -0.0354. The van der Waals surface area contributed by atoms with Crippen LogP contribution in [0.1, 0.15) is 58.8 Å². The van der Waals surface area contributed by atoms with Gasteiger partial charge in [-0.2, -0.15) is 0 Å². The summed E-state index contributed by atoms with van der Waals surface area (Å²) in [6.07, 6.45) is 8.23. The maximum absolute atomic E-state index is 11.7. The molecule has 3 nitrogen and oxygen atoms in total. The van der Waals surface area contributed by atoms with Crippen molar-refractivity contribution in [1.82, 2.24) is 5.32 Å². The van der Waals surface area contributed by atoms with Gasteiger partial charge in [-0.05, 0) is 32.1 Å². The second-order valence-electron chi connectivity index (χ2n) is 5.09. The van der Waals surface area contributed by atoms with Crippen LogP contribution in [0.5, 0.6) is 0 Å². The zero-order valence-electron chi connectivity index (χ0n) is 10.7. The van der Waals surface area contributed by atoms with Crippen molar-refractivity contribution in [2.24, 2.45) is 11.7 Å². The van der Waals surface area contributed by atoms with E-state index in [-0.39, 0.29) is 18.0 Å². The first-order chi connectivity index (χ1) is 7.65. The van der Waals surface area contributed by atoms with Crippen molar-refractivity contribution in [2.45, 2.75) is 70.9 Å². The Morgan fingerprint density at radius 3 is 2.56 bits per heavy atom. The summed E-state index contributed by atoms with van der Waals surface area (Å²) in [5.74, 6) is 0.687. The molecule has 1 saturated carbocycles. The van der Waals surface area contributed by atoms with Crippen LogP contribution >= 0.6 is 0 Å². The molecule has 3 N–H and O–H groups in total. The number of hydrogen-bond donors (Lipinski definition) is 2. The fraction of sp³-hybridized carbons (Fsp3) is 0.923. The Morgan fingerprint density at radius 1 is 1.38 bits per heavy atom. The Labute approximate surface area is 99.2 Å². The summed E-state index contributed by atoms with van der Waals surface area (Å²) >= 11 is 0. The molecule has 0 aromatic carbocycles. The third kappa shape index (κ3) is 4.12. The molecule has 0 aromatic heterocycles. The Bertz CT molecular complexity index is 212. The van der Waals surface area contributed by atoms with Gasteiger partial charge in [0.2, 0.25) is 5.91 Å². The predicted molar refractivity (Wildman–Crippen MR) is 67.1 cm³/mol. The Balaban J connectivity index is 2.31. The average Bonchev–Trinajstić information content (AvgIpc) is 2.30. The number of nitrogens with one attached hydrogen (secondary N) is 1. The van der Waals surface area contributed by atoms with Crippen LogP contribution < -0.4 is 11.1 Å². The molecule has 3 heteroatoms. The summed E-state index contributed by atoms with van der Waals surface area (Å²) in [5, 5.41) is 3.07. The fourth-order valence-electron chi connectivity index (χ4n) is 2.53. The van der Waals surface area contributed by atoms with E-state index in [1.165, 1.54) is 32.1 Å². The standard InChI is InChI=1S/C13H26N2O/c1-3-7-12(14)13(16)15-10(2)11-8-5-4-6-9-11/h10-12H,3-9,14H2,1-2H3,(H,15,16). The van der Waals surface area contributed by atoms with E-state index in [0.717, 1.165) is 12.8 Å². The van der Waals surface area contributed by atoms with Crippen LogP contribution in [0.3, 0.4) is 0 Å².